The van der Waals surface area contributed by atoms with Gasteiger partial charge in [0.25, 0.3) is 0 Å². The van der Waals surface area contributed by atoms with Crippen LogP contribution in [0.25, 0.3) is 40.0 Å². The first kappa shape index (κ1) is 65.7. The molecule has 0 aliphatic heterocycles. The zero-order valence-corrected chi connectivity index (χ0v) is 56.2. The summed E-state index contributed by atoms with van der Waals surface area (Å²) in [5.74, 6) is 0.983. The van der Waals surface area contributed by atoms with Crippen LogP contribution in [0.5, 0.6) is 0 Å². The predicted octanol–water partition coefficient (Wildman–Crippen LogP) is 25.1. The maximum Gasteiger partial charge on any atom is 0.0412 e. The summed E-state index contributed by atoms with van der Waals surface area (Å²) in [5, 5.41) is 0. The highest BCUT2D eigenvalue weighted by molar-refractivity contribution is 5.94. The van der Waals surface area contributed by atoms with E-state index in [1.165, 1.54) is 159 Å². The Balaban J connectivity index is 0.00000450. The molecular weight excluding hydrogens is 1090 g/mol. The highest BCUT2D eigenvalue weighted by atomic mass is 15.1. The minimum absolute atomic E-state index is 0.0113. The molecule has 0 bridgehead atoms. The maximum absolute atomic E-state index is 2.68. The lowest BCUT2D eigenvalue weighted by atomic mass is 9.67. The molecule has 7 aromatic carbocycles. The van der Waals surface area contributed by atoms with Gasteiger partial charge < -0.3 is 4.90 Å². The van der Waals surface area contributed by atoms with Crippen LogP contribution in [0.1, 0.15) is 200 Å². The minimum atomic E-state index is -0.0113. The molecule has 0 N–H and O–H groups in total. The topological polar surface area (TPSA) is 3.24 Å². The van der Waals surface area contributed by atoms with E-state index in [9.17, 15) is 0 Å². The molecule has 0 radical (unpaired) electrons. The molecule has 11 rings (SSSR count). The summed E-state index contributed by atoms with van der Waals surface area (Å²) in [7, 11) is 0. The van der Waals surface area contributed by atoms with Crippen molar-refractivity contribution in [2.24, 2.45) is 11.8 Å². The summed E-state index contributed by atoms with van der Waals surface area (Å²) in [5.41, 5.74) is 26.6. The molecule has 2 atom stereocenters. The molecule has 1 heteroatoms. The van der Waals surface area contributed by atoms with Gasteiger partial charge in [0, 0.05) is 29.3 Å². The van der Waals surface area contributed by atoms with Gasteiger partial charge in [0.15, 0.2) is 0 Å². The van der Waals surface area contributed by atoms with Crippen molar-refractivity contribution in [1.29, 1.82) is 0 Å². The standard InChI is InChI=1S/C88H95N.C2H6/c1-7-10-12-14-31-55-89(54-30-13-11-8-2)79-46-49-80-76(65-87(84(80)64-79)50-26-18-27-51-87)43-38-67(6)77(57-68(9-3)56-66(4)5)58-71-39-41-72(42-40-71)60-78(59-69-32-20-15-21-33-69)74-44-47-81-82-48-45-75(63-86(82)88(85(81)62-74)52-28-19-29-53-88)83(73-36-24-17-25-37-73)61-70-34-22-16-23-35-70;1-2/h7-17,20-25,30-37,39-49,55-56,59,61-64,67,77H,18-19,26-29,38,50-54,57-58,60,65H2,1-6H3;1-2H3/b10-7-,11-8-,14-12-,30-13-,55-31+,68-9+,76-43+,78-59?,83-61-;. The number of benzene rings is 7. The lowest BCUT2D eigenvalue weighted by Gasteiger charge is -2.36. The smallest absolute Gasteiger partial charge is 0.0412 e. The van der Waals surface area contributed by atoms with E-state index in [1.54, 1.807) is 11.1 Å². The van der Waals surface area contributed by atoms with Gasteiger partial charge >= 0.3 is 0 Å². The van der Waals surface area contributed by atoms with Gasteiger partial charge in [-0.25, -0.2) is 0 Å². The van der Waals surface area contributed by atoms with E-state index in [0.717, 1.165) is 38.6 Å². The molecule has 4 aliphatic rings. The Morgan fingerprint density at radius 2 is 1.12 bits per heavy atom. The molecular formula is C90H101N. The Labute approximate surface area is 549 Å². The normalized spacial score (nSPS) is 17.3. The SMILES string of the molecule is CC.C\C=C/C=C\C=C\N(C/C=C\C=C/C)c1ccc2c(c1)C1(CCCCC1)C/C2=C\CC(C)C(C/C(C=C(C)C)=C/C)Cc1ccc(CC(=Cc2ccccc2)c2ccc3c(c2)C2(CCCCC2)c2cc(/C(=C\c4ccccc4)c4ccccc4)ccc2-3)cc1. The monoisotopic (exact) mass is 1200 g/mol. The van der Waals surface area contributed by atoms with Gasteiger partial charge in [0.2, 0.25) is 0 Å². The number of hydrogen-bond acceptors (Lipinski definition) is 1. The highest BCUT2D eigenvalue weighted by Gasteiger charge is 2.45. The Kier molecular flexibility index (Phi) is 23.2. The van der Waals surface area contributed by atoms with Crippen LogP contribution in [0.2, 0.25) is 0 Å². The number of anilines is 1. The largest absolute Gasteiger partial charge is 0.344 e. The number of rotatable bonds is 22. The van der Waals surface area contributed by atoms with Crippen molar-refractivity contribution < 1.29 is 0 Å². The minimum Gasteiger partial charge on any atom is -0.344 e. The number of fused-ring (bicyclic) bond motifs is 7. The first-order chi connectivity index (χ1) is 44.7. The molecule has 0 amide bonds. The van der Waals surface area contributed by atoms with Crippen molar-refractivity contribution in [3.63, 3.8) is 0 Å². The van der Waals surface area contributed by atoms with Crippen molar-refractivity contribution in [2.75, 3.05) is 11.4 Å². The lowest BCUT2D eigenvalue weighted by molar-refractivity contribution is 0.307. The van der Waals surface area contributed by atoms with Crippen LogP contribution in [0.15, 0.2) is 260 Å². The molecule has 1 nitrogen and oxygen atoms in total. The molecule has 0 heterocycles. The van der Waals surface area contributed by atoms with Crippen molar-refractivity contribution in [3.8, 4) is 11.1 Å². The number of allylic oxidation sites excluding steroid dienone is 15. The van der Waals surface area contributed by atoms with Gasteiger partial charge in [-0.3, -0.25) is 0 Å². The Hall–Kier alpha value is -8.26. The van der Waals surface area contributed by atoms with Gasteiger partial charge in [0.05, 0.1) is 0 Å². The van der Waals surface area contributed by atoms with E-state index in [-0.39, 0.29) is 10.8 Å². The zero-order chi connectivity index (χ0) is 63.4. The quantitative estimate of drug-likeness (QED) is 0.0483. The van der Waals surface area contributed by atoms with Crippen molar-refractivity contribution in [1.82, 2.24) is 0 Å². The average molecular weight is 1200 g/mol. The van der Waals surface area contributed by atoms with Gasteiger partial charge in [-0.1, -0.05) is 289 Å². The fourth-order valence-electron chi connectivity index (χ4n) is 15.3. The van der Waals surface area contributed by atoms with Gasteiger partial charge in [0.1, 0.15) is 0 Å². The first-order valence-corrected chi connectivity index (χ1v) is 34.8. The zero-order valence-electron chi connectivity index (χ0n) is 56.2. The molecule has 2 fully saturated rings. The van der Waals surface area contributed by atoms with Crippen molar-refractivity contribution in [3.05, 3.63) is 321 Å². The summed E-state index contributed by atoms with van der Waals surface area (Å²) in [6, 6.07) is 65.0. The van der Waals surface area contributed by atoms with E-state index in [0.29, 0.717) is 11.8 Å². The Bertz CT molecular complexity index is 3830. The predicted molar refractivity (Wildman–Crippen MR) is 398 cm³/mol. The summed E-state index contributed by atoms with van der Waals surface area (Å²) in [6.45, 7) is 18.2. The molecule has 7 aromatic rings. The molecule has 0 saturated heterocycles. The van der Waals surface area contributed by atoms with Crippen molar-refractivity contribution >= 4 is 34.6 Å². The number of nitrogens with zero attached hydrogens (tertiary/aromatic N) is 1. The molecule has 0 aromatic heterocycles. The average Bonchev–Trinajstić information content (AvgIpc) is 1.57. The fraction of sp³-hybridized carbons (Fsp3) is 0.311. The van der Waals surface area contributed by atoms with Crippen LogP contribution in [0.3, 0.4) is 0 Å². The third-order valence-corrected chi connectivity index (χ3v) is 20.0. The second-order valence-corrected chi connectivity index (χ2v) is 26.4. The third-order valence-electron chi connectivity index (χ3n) is 20.0. The van der Waals surface area contributed by atoms with Crippen molar-refractivity contribution in [2.45, 2.75) is 163 Å². The second kappa shape index (κ2) is 32.2. The van der Waals surface area contributed by atoms with E-state index < -0.39 is 0 Å². The lowest BCUT2D eigenvalue weighted by Crippen LogP contribution is -2.28. The molecule has 2 unspecified atom stereocenters. The summed E-state index contributed by atoms with van der Waals surface area (Å²) < 4.78 is 0. The molecule has 4 aliphatic carbocycles. The van der Waals surface area contributed by atoms with Crippen LogP contribution >= 0.6 is 0 Å². The van der Waals surface area contributed by atoms with E-state index in [4.69, 9.17) is 0 Å². The first-order valence-electron chi connectivity index (χ1n) is 34.8. The molecule has 2 saturated carbocycles. The van der Waals surface area contributed by atoms with Gasteiger partial charge in [-0.15, -0.1) is 0 Å². The molecule has 2 spiro atoms. The van der Waals surface area contributed by atoms with E-state index in [2.05, 4.69) is 308 Å². The van der Waals surface area contributed by atoms with Gasteiger partial charge in [-0.2, -0.15) is 0 Å². The second-order valence-electron chi connectivity index (χ2n) is 26.4. The summed E-state index contributed by atoms with van der Waals surface area (Å²) >= 11 is 0. The Morgan fingerprint density at radius 3 is 1.77 bits per heavy atom. The summed E-state index contributed by atoms with van der Waals surface area (Å²) in [4.78, 5) is 2.41. The fourth-order valence-corrected chi connectivity index (χ4v) is 15.3. The van der Waals surface area contributed by atoms with Crippen LogP contribution in [0.4, 0.5) is 5.69 Å². The molecule has 91 heavy (non-hydrogen) atoms. The number of hydrogen-bond donors (Lipinski definition) is 0. The highest BCUT2D eigenvalue weighted by Crippen LogP contribution is 2.58. The maximum atomic E-state index is 2.68. The van der Waals surface area contributed by atoms with E-state index >= 15 is 0 Å². The van der Waals surface area contributed by atoms with Crippen LogP contribution in [-0.4, -0.2) is 6.54 Å². The molecule has 466 valence electrons. The van der Waals surface area contributed by atoms with Crippen LogP contribution in [0, 0.1) is 11.8 Å². The van der Waals surface area contributed by atoms with Crippen LogP contribution in [-0.2, 0) is 23.7 Å². The Morgan fingerprint density at radius 1 is 0.538 bits per heavy atom. The van der Waals surface area contributed by atoms with Gasteiger partial charge in [-0.05, 0) is 230 Å². The van der Waals surface area contributed by atoms with Crippen LogP contribution < -0.4 is 4.90 Å². The third kappa shape index (κ3) is 16.1. The summed E-state index contributed by atoms with van der Waals surface area (Å²) in [6.07, 6.45) is 51.7. The van der Waals surface area contributed by atoms with E-state index in [1.807, 2.05) is 13.8 Å².